The molecular formula is C24H26N2O4S. The molecule has 0 fully saturated rings. The highest BCUT2D eigenvalue weighted by atomic mass is 32.2. The van der Waals surface area contributed by atoms with E-state index in [0.717, 1.165) is 16.7 Å². The number of sulfonamides is 1. The van der Waals surface area contributed by atoms with Gasteiger partial charge in [0.25, 0.3) is 5.91 Å². The van der Waals surface area contributed by atoms with E-state index in [2.05, 4.69) is 5.32 Å². The average molecular weight is 439 g/mol. The molecule has 0 aliphatic carbocycles. The molecule has 0 atom stereocenters. The summed E-state index contributed by atoms with van der Waals surface area (Å²) in [5.41, 5.74) is 3.21. The Morgan fingerprint density at radius 3 is 2.29 bits per heavy atom. The summed E-state index contributed by atoms with van der Waals surface area (Å²) in [6, 6.07) is 21.6. The highest BCUT2D eigenvalue weighted by molar-refractivity contribution is 7.89. The van der Waals surface area contributed by atoms with E-state index in [-0.39, 0.29) is 28.7 Å². The predicted octanol–water partition coefficient (Wildman–Crippen LogP) is 3.75. The zero-order valence-corrected chi connectivity index (χ0v) is 18.6. The first-order chi connectivity index (χ1) is 14.8. The van der Waals surface area contributed by atoms with E-state index in [0.29, 0.717) is 6.54 Å². The Morgan fingerprint density at radius 1 is 0.968 bits per heavy atom. The van der Waals surface area contributed by atoms with Crippen molar-refractivity contribution in [2.24, 2.45) is 0 Å². The number of nitrogens with one attached hydrogen (secondary N) is 1. The first-order valence-electron chi connectivity index (χ1n) is 9.83. The molecule has 6 nitrogen and oxygen atoms in total. The minimum atomic E-state index is -3.88. The average Bonchev–Trinajstić information content (AvgIpc) is 2.78. The van der Waals surface area contributed by atoms with Gasteiger partial charge in [-0.25, -0.2) is 8.42 Å². The summed E-state index contributed by atoms with van der Waals surface area (Å²) in [4.78, 5) is 12.6. The van der Waals surface area contributed by atoms with E-state index in [1.54, 1.807) is 6.07 Å². The molecule has 0 heterocycles. The lowest BCUT2D eigenvalue weighted by Gasteiger charge is -2.19. The van der Waals surface area contributed by atoms with Crippen molar-refractivity contribution >= 4 is 15.9 Å². The predicted molar refractivity (Wildman–Crippen MR) is 120 cm³/mol. The van der Waals surface area contributed by atoms with Crippen molar-refractivity contribution in [3.63, 3.8) is 0 Å². The third-order valence-electron chi connectivity index (χ3n) is 4.94. The van der Waals surface area contributed by atoms with Crippen LogP contribution in [-0.4, -0.2) is 32.8 Å². The first-order valence-corrected chi connectivity index (χ1v) is 11.3. The largest absolute Gasteiger partial charge is 0.495 e. The van der Waals surface area contributed by atoms with Crippen LogP contribution in [0, 0.1) is 6.92 Å². The summed E-state index contributed by atoms with van der Waals surface area (Å²) in [7, 11) is -0.968. The molecule has 0 aromatic heterocycles. The molecule has 0 saturated heterocycles. The van der Waals surface area contributed by atoms with Crippen LogP contribution in [0.15, 0.2) is 77.7 Å². The van der Waals surface area contributed by atoms with Gasteiger partial charge < -0.3 is 10.1 Å². The fourth-order valence-corrected chi connectivity index (χ4v) is 4.44. The number of nitrogens with zero attached hydrogens (tertiary/aromatic N) is 1. The van der Waals surface area contributed by atoms with Gasteiger partial charge in [0.2, 0.25) is 10.0 Å². The van der Waals surface area contributed by atoms with Gasteiger partial charge in [-0.1, -0.05) is 60.2 Å². The third kappa shape index (κ3) is 5.51. The number of hydrogen-bond acceptors (Lipinski definition) is 4. The summed E-state index contributed by atoms with van der Waals surface area (Å²) in [6.45, 7) is 2.55. The van der Waals surface area contributed by atoms with Crippen molar-refractivity contribution in [2.75, 3.05) is 14.2 Å². The van der Waals surface area contributed by atoms with E-state index < -0.39 is 10.0 Å². The Hall–Kier alpha value is -3.16. The van der Waals surface area contributed by atoms with Crippen LogP contribution in [0.25, 0.3) is 0 Å². The van der Waals surface area contributed by atoms with Gasteiger partial charge in [-0.3, -0.25) is 4.79 Å². The second-order valence-electron chi connectivity index (χ2n) is 7.28. The van der Waals surface area contributed by atoms with Crippen molar-refractivity contribution in [3.05, 3.63) is 95.1 Å². The second-order valence-corrected chi connectivity index (χ2v) is 9.29. The van der Waals surface area contributed by atoms with Crippen LogP contribution in [0.2, 0.25) is 0 Å². The number of carbonyl (C=O) groups is 1. The third-order valence-corrected chi connectivity index (χ3v) is 6.76. The normalized spacial score (nSPS) is 11.4. The number of carbonyl (C=O) groups excluding carboxylic acids is 1. The van der Waals surface area contributed by atoms with Gasteiger partial charge in [0, 0.05) is 25.7 Å². The molecule has 162 valence electrons. The van der Waals surface area contributed by atoms with Crippen LogP contribution in [-0.2, 0) is 23.1 Å². The van der Waals surface area contributed by atoms with Crippen LogP contribution >= 0.6 is 0 Å². The molecule has 0 aliphatic rings. The van der Waals surface area contributed by atoms with Gasteiger partial charge >= 0.3 is 0 Å². The highest BCUT2D eigenvalue weighted by Gasteiger charge is 2.26. The van der Waals surface area contributed by atoms with E-state index in [4.69, 9.17) is 4.74 Å². The van der Waals surface area contributed by atoms with Crippen molar-refractivity contribution < 1.29 is 17.9 Å². The molecule has 0 aliphatic heterocycles. The van der Waals surface area contributed by atoms with Crippen LogP contribution in [0.4, 0.5) is 0 Å². The molecule has 7 heteroatoms. The van der Waals surface area contributed by atoms with Crippen molar-refractivity contribution in [3.8, 4) is 5.75 Å². The summed E-state index contributed by atoms with van der Waals surface area (Å²) in [5, 5.41) is 2.83. The number of ether oxygens (including phenoxy) is 1. The fraction of sp³-hybridized carbons (Fsp3) is 0.208. The minimum Gasteiger partial charge on any atom is -0.495 e. The van der Waals surface area contributed by atoms with Crippen LogP contribution in [0.5, 0.6) is 5.75 Å². The summed E-state index contributed by atoms with van der Waals surface area (Å²) < 4.78 is 32.9. The number of benzene rings is 3. The highest BCUT2D eigenvalue weighted by Crippen LogP contribution is 2.28. The fourth-order valence-electron chi connectivity index (χ4n) is 3.10. The maximum atomic E-state index is 13.2. The smallest absolute Gasteiger partial charge is 0.251 e. The lowest BCUT2D eigenvalue weighted by atomic mass is 10.1. The molecule has 3 rings (SSSR count). The molecule has 0 saturated carbocycles. The second kappa shape index (κ2) is 9.76. The van der Waals surface area contributed by atoms with Gasteiger partial charge in [0.1, 0.15) is 10.6 Å². The Morgan fingerprint density at radius 2 is 1.65 bits per heavy atom. The zero-order chi connectivity index (χ0) is 22.4. The van der Waals surface area contributed by atoms with Gasteiger partial charge in [0.05, 0.1) is 7.11 Å². The molecule has 1 amide bonds. The maximum absolute atomic E-state index is 13.2. The minimum absolute atomic E-state index is 0.0450. The van der Waals surface area contributed by atoms with Crippen molar-refractivity contribution in [2.45, 2.75) is 24.9 Å². The van der Waals surface area contributed by atoms with Gasteiger partial charge in [0.15, 0.2) is 0 Å². The maximum Gasteiger partial charge on any atom is 0.251 e. The summed E-state index contributed by atoms with van der Waals surface area (Å²) in [5.74, 6) is -0.166. The monoisotopic (exact) mass is 438 g/mol. The van der Waals surface area contributed by atoms with Crippen LogP contribution in [0.3, 0.4) is 0 Å². The SMILES string of the molecule is COc1ccc(C(=O)NCc2ccc(C)cc2)cc1S(=O)(=O)N(C)Cc1ccccc1. The first kappa shape index (κ1) is 22.5. The van der Waals surface area contributed by atoms with E-state index >= 15 is 0 Å². The Kier molecular flexibility index (Phi) is 7.09. The van der Waals surface area contributed by atoms with Crippen LogP contribution in [0.1, 0.15) is 27.0 Å². The molecule has 31 heavy (non-hydrogen) atoms. The summed E-state index contributed by atoms with van der Waals surface area (Å²) >= 11 is 0. The Labute approximate surface area is 183 Å². The zero-order valence-electron chi connectivity index (χ0n) is 17.8. The molecular weight excluding hydrogens is 412 g/mol. The number of amides is 1. The Bertz CT molecular complexity index is 1140. The van der Waals surface area contributed by atoms with E-state index in [1.165, 1.54) is 30.6 Å². The lowest BCUT2D eigenvalue weighted by Crippen LogP contribution is -2.28. The molecule has 1 N–H and O–H groups in total. The quantitative estimate of drug-likeness (QED) is 0.581. The molecule has 0 unspecified atom stereocenters. The van der Waals surface area contributed by atoms with E-state index in [9.17, 15) is 13.2 Å². The molecule has 3 aromatic rings. The van der Waals surface area contributed by atoms with Gasteiger partial charge in [-0.05, 0) is 36.2 Å². The lowest BCUT2D eigenvalue weighted by molar-refractivity contribution is 0.0950. The standard InChI is InChI=1S/C24H26N2O4S/c1-18-9-11-19(12-10-18)16-25-24(27)21-13-14-22(30-3)23(15-21)31(28,29)26(2)17-20-7-5-4-6-8-20/h4-15H,16-17H2,1-3H3,(H,25,27). The summed E-state index contributed by atoms with van der Waals surface area (Å²) in [6.07, 6.45) is 0. The van der Waals surface area contributed by atoms with Gasteiger partial charge in [-0.15, -0.1) is 0 Å². The van der Waals surface area contributed by atoms with Gasteiger partial charge in [-0.2, -0.15) is 4.31 Å². The van der Waals surface area contributed by atoms with E-state index in [1.807, 2.05) is 61.5 Å². The molecule has 0 radical (unpaired) electrons. The van der Waals surface area contributed by atoms with Crippen molar-refractivity contribution in [1.29, 1.82) is 0 Å². The number of methoxy groups -OCH3 is 1. The molecule has 3 aromatic carbocycles. The number of hydrogen-bond donors (Lipinski definition) is 1. The number of rotatable bonds is 8. The van der Waals surface area contributed by atoms with Crippen LogP contribution < -0.4 is 10.1 Å². The topological polar surface area (TPSA) is 75.7 Å². The molecule has 0 spiro atoms. The Balaban J connectivity index is 1.81. The molecule has 0 bridgehead atoms. The van der Waals surface area contributed by atoms with Crippen molar-refractivity contribution in [1.82, 2.24) is 9.62 Å². The number of aryl methyl sites for hydroxylation is 1.